The highest BCUT2D eigenvalue weighted by molar-refractivity contribution is 14.1. The molecule has 0 unspecified atom stereocenters. The van der Waals surface area contributed by atoms with E-state index in [0.29, 0.717) is 12.2 Å². The predicted molar refractivity (Wildman–Crippen MR) is 73.4 cm³/mol. The van der Waals surface area contributed by atoms with Crippen LogP contribution in [0, 0.1) is 3.57 Å². The Morgan fingerprint density at radius 2 is 2.12 bits per heavy atom. The molecule has 1 aromatic carbocycles. The van der Waals surface area contributed by atoms with E-state index in [4.69, 9.17) is 5.11 Å². The summed E-state index contributed by atoms with van der Waals surface area (Å²) in [5.41, 5.74) is 0.384. The lowest BCUT2D eigenvalue weighted by Gasteiger charge is -2.09. The molecule has 0 spiro atoms. The van der Waals surface area contributed by atoms with Gasteiger partial charge in [0.15, 0.2) is 0 Å². The van der Waals surface area contributed by atoms with Gasteiger partial charge < -0.3 is 15.7 Å². The van der Waals surface area contributed by atoms with E-state index in [1.807, 2.05) is 29.5 Å². The lowest BCUT2D eigenvalue weighted by atomic mass is 10.2. The second-order valence-corrected chi connectivity index (χ2v) is 4.62. The average Bonchev–Trinajstić information content (AvgIpc) is 2.28. The molecule has 0 radical (unpaired) electrons. The maximum atomic E-state index is 11.4. The summed E-state index contributed by atoms with van der Waals surface area (Å²) in [6, 6.07) is 4.44. The number of carbonyl (C=O) groups excluding carboxylic acids is 1. The van der Waals surface area contributed by atoms with Crippen molar-refractivity contribution in [3.8, 4) is 0 Å². The molecule has 92 valence electrons. The van der Waals surface area contributed by atoms with Crippen LogP contribution in [0.1, 0.15) is 23.7 Å². The Morgan fingerprint density at radius 3 is 2.71 bits per heavy atom. The fourth-order valence-electron chi connectivity index (χ4n) is 1.21. The molecule has 6 heteroatoms. The summed E-state index contributed by atoms with van der Waals surface area (Å²) in [4.78, 5) is 22.4. The lowest BCUT2D eigenvalue weighted by molar-refractivity contribution is 0.0698. The van der Waals surface area contributed by atoms with Crippen LogP contribution in [0.15, 0.2) is 18.2 Å². The summed E-state index contributed by atoms with van der Waals surface area (Å²) in [5.74, 6) is -1.06. The monoisotopic (exact) mass is 348 g/mol. The molecular weight excluding hydrogens is 335 g/mol. The van der Waals surface area contributed by atoms with Gasteiger partial charge in [-0.3, -0.25) is 0 Å². The summed E-state index contributed by atoms with van der Waals surface area (Å²) in [6.45, 7) is 2.49. The summed E-state index contributed by atoms with van der Waals surface area (Å²) < 4.78 is 0.805. The molecule has 17 heavy (non-hydrogen) atoms. The maximum absolute atomic E-state index is 11.4. The standard InChI is InChI=1S/C11H13IN2O3/c1-2-5-13-11(17)14-9-4-3-7(12)6-8(9)10(15)16/h3-4,6H,2,5H2,1H3,(H,15,16)(H2,13,14,17). The van der Waals surface area contributed by atoms with Gasteiger partial charge in [0.2, 0.25) is 0 Å². The molecule has 1 aromatic rings. The third kappa shape index (κ3) is 4.22. The molecule has 0 heterocycles. The van der Waals surface area contributed by atoms with Crippen molar-refractivity contribution in [2.45, 2.75) is 13.3 Å². The van der Waals surface area contributed by atoms with Crippen molar-refractivity contribution >= 4 is 40.3 Å². The first kappa shape index (κ1) is 13.8. The van der Waals surface area contributed by atoms with E-state index in [1.165, 1.54) is 6.07 Å². The van der Waals surface area contributed by atoms with Gasteiger partial charge in [0.1, 0.15) is 0 Å². The highest BCUT2D eigenvalue weighted by Crippen LogP contribution is 2.18. The van der Waals surface area contributed by atoms with Crippen LogP contribution in [0.5, 0.6) is 0 Å². The largest absolute Gasteiger partial charge is 0.478 e. The zero-order chi connectivity index (χ0) is 12.8. The number of hydrogen-bond donors (Lipinski definition) is 3. The van der Waals surface area contributed by atoms with E-state index < -0.39 is 12.0 Å². The number of carboxylic acids is 1. The minimum absolute atomic E-state index is 0.0866. The number of nitrogens with one attached hydrogen (secondary N) is 2. The predicted octanol–water partition coefficient (Wildman–Crippen LogP) is 2.52. The molecule has 0 saturated heterocycles. The van der Waals surface area contributed by atoms with Crippen LogP contribution >= 0.6 is 22.6 Å². The Labute approximate surface area is 113 Å². The van der Waals surface area contributed by atoms with Gasteiger partial charge in [-0.25, -0.2) is 9.59 Å². The highest BCUT2D eigenvalue weighted by atomic mass is 127. The first-order valence-electron chi connectivity index (χ1n) is 5.12. The van der Waals surface area contributed by atoms with Gasteiger partial charge in [-0.1, -0.05) is 6.92 Å². The third-order valence-electron chi connectivity index (χ3n) is 2.00. The number of carbonyl (C=O) groups is 2. The summed E-state index contributed by atoms with van der Waals surface area (Å²) in [6.07, 6.45) is 0.825. The van der Waals surface area contributed by atoms with E-state index in [-0.39, 0.29) is 5.56 Å². The Morgan fingerprint density at radius 1 is 1.41 bits per heavy atom. The smallest absolute Gasteiger partial charge is 0.337 e. The van der Waals surface area contributed by atoms with Gasteiger partial charge in [-0.2, -0.15) is 0 Å². The zero-order valence-corrected chi connectivity index (χ0v) is 11.4. The number of urea groups is 1. The van der Waals surface area contributed by atoms with Crippen molar-refractivity contribution in [3.05, 3.63) is 27.3 Å². The van der Waals surface area contributed by atoms with Crippen LogP contribution in [-0.4, -0.2) is 23.7 Å². The van der Waals surface area contributed by atoms with Crippen LogP contribution < -0.4 is 10.6 Å². The SMILES string of the molecule is CCCNC(=O)Nc1ccc(I)cc1C(=O)O. The van der Waals surface area contributed by atoms with Crippen LogP contribution in [0.2, 0.25) is 0 Å². The van der Waals surface area contributed by atoms with Crippen LogP contribution in [-0.2, 0) is 0 Å². The second-order valence-electron chi connectivity index (χ2n) is 3.38. The van der Waals surface area contributed by atoms with Gasteiger partial charge >= 0.3 is 12.0 Å². The van der Waals surface area contributed by atoms with Gasteiger partial charge in [0, 0.05) is 10.1 Å². The van der Waals surface area contributed by atoms with Gasteiger partial charge in [0.25, 0.3) is 0 Å². The van der Waals surface area contributed by atoms with Gasteiger partial charge in [-0.05, 0) is 47.2 Å². The molecule has 0 aliphatic heterocycles. The van der Waals surface area contributed by atoms with E-state index in [1.54, 1.807) is 12.1 Å². The first-order chi connectivity index (χ1) is 8.04. The van der Waals surface area contributed by atoms with Crippen molar-refractivity contribution in [2.75, 3.05) is 11.9 Å². The van der Waals surface area contributed by atoms with Crippen molar-refractivity contribution in [3.63, 3.8) is 0 Å². The number of amides is 2. The van der Waals surface area contributed by atoms with E-state index in [0.717, 1.165) is 9.99 Å². The van der Waals surface area contributed by atoms with E-state index in [9.17, 15) is 9.59 Å². The molecule has 0 atom stereocenters. The number of anilines is 1. The van der Waals surface area contributed by atoms with Crippen molar-refractivity contribution in [1.29, 1.82) is 0 Å². The van der Waals surface area contributed by atoms with E-state index in [2.05, 4.69) is 10.6 Å². The number of benzene rings is 1. The van der Waals surface area contributed by atoms with Crippen molar-refractivity contribution < 1.29 is 14.7 Å². The Kier molecular flexibility index (Phi) is 5.20. The Hall–Kier alpha value is -1.31. The van der Waals surface area contributed by atoms with Crippen molar-refractivity contribution in [1.82, 2.24) is 5.32 Å². The quantitative estimate of drug-likeness (QED) is 0.732. The van der Waals surface area contributed by atoms with Crippen LogP contribution in [0.4, 0.5) is 10.5 Å². The molecule has 2 amide bonds. The molecule has 0 aromatic heterocycles. The Bertz CT molecular complexity index is 435. The van der Waals surface area contributed by atoms with Gasteiger partial charge in [0.05, 0.1) is 11.3 Å². The van der Waals surface area contributed by atoms with Crippen LogP contribution in [0.25, 0.3) is 0 Å². The summed E-state index contributed by atoms with van der Waals surface area (Å²) in [7, 11) is 0. The van der Waals surface area contributed by atoms with Crippen LogP contribution in [0.3, 0.4) is 0 Å². The lowest BCUT2D eigenvalue weighted by Crippen LogP contribution is -2.29. The molecular formula is C11H13IN2O3. The first-order valence-corrected chi connectivity index (χ1v) is 6.20. The second kappa shape index (κ2) is 6.43. The topological polar surface area (TPSA) is 78.4 Å². The average molecular weight is 348 g/mol. The summed E-state index contributed by atoms with van der Waals surface area (Å²) in [5, 5.41) is 14.1. The minimum Gasteiger partial charge on any atom is -0.478 e. The number of rotatable bonds is 4. The van der Waals surface area contributed by atoms with E-state index >= 15 is 0 Å². The maximum Gasteiger partial charge on any atom is 0.337 e. The van der Waals surface area contributed by atoms with Crippen molar-refractivity contribution in [2.24, 2.45) is 0 Å². The van der Waals surface area contributed by atoms with Gasteiger partial charge in [-0.15, -0.1) is 0 Å². The molecule has 3 N–H and O–H groups in total. The Balaban J connectivity index is 2.83. The molecule has 0 fully saturated rings. The highest BCUT2D eigenvalue weighted by Gasteiger charge is 2.12. The zero-order valence-electron chi connectivity index (χ0n) is 9.29. The fourth-order valence-corrected chi connectivity index (χ4v) is 1.70. The fraction of sp³-hybridized carbons (Fsp3) is 0.273. The molecule has 1 rings (SSSR count). The molecule has 5 nitrogen and oxygen atoms in total. The summed E-state index contributed by atoms with van der Waals surface area (Å²) >= 11 is 2.02. The minimum atomic E-state index is -1.06. The number of hydrogen-bond acceptors (Lipinski definition) is 2. The molecule has 0 aliphatic carbocycles. The number of carboxylic acid groups (broad SMARTS) is 1. The normalized spacial score (nSPS) is 9.76. The molecule has 0 saturated carbocycles. The molecule has 0 bridgehead atoms. The number of halogens is 1. The third-order valence-corrected chi connectivity index (χ3v) is 2.67. The molecule has 0 aliphatic rings. The number of aromatic carboxylic acids is 1.